The van der Waals surface area contributed by atoms with Crippen molar-refractivity contribution in [1.29, 1.82) is 0 Å². The van der Waals surface area contributed by atoms with Gasteiger partial charge < -0.3 is 5.11 Å². The van der Waals surface area contributed by atoms with E-state index in [-0.39, 0.29) is 12.8 Å². The number of alkyl halides is 3. The van der Waals surface area contributed by atoms with Crippen LogP contribution < -0.4 is 0 Å². The van der Waals surface area contributed by atoms with E-state index in [0.717, 1.165) is 12.0 Å². The number of aliphatic hydroxyl groups is 1. The normalized spacial score (nSPS) is 26.3. The van der Waals surface area contributed by atoms with Gasteiger partial charge in [0.1, 0.15) is 0 Å². The Balaban J connectivity index is 1.72. The molecule has 0 aromatic heterocycles. The molecule has 136 valence electrons. The topological polar surface area (TPSA) is 52.9 Å². The maximum atomic E-state index is 13.6. The number of nitrogens with zero attached hydrogens (tertiary/aromatic N) is 2. The quantitative estimate of drug-likeness (QED) is 0.897. The summed E-state index contributed by atoms with van der Waals surface area (Å²) >= 11 is 0. The van der Waals surface area contributed by atoms with Crippen LogP contribution in [-0.4, -0.2) is 33.6 Å². The van der Waals surface area contributed by atoms with Gasteiger partial charge in [-0.2, -0.15) is 23.3 Å². The Morgan fingerprint density at radius 1 is 1.28 bits per heavy atom. The zero-order valence-electron chi connectivity index (χ0n) is 13.8. The Hall–Kier alpha value is -1.89. The third kappa shape index (κ3) is 3.29. The second-order valence-electron chi connectivity index (χ2n) is 6.66. The molecule has 4 nitrogen and oxygen atoms in total. The highest BCUT2D eigenvalue weighted by molar-refractivity contribution is 5.93. The third-order valence-electron chi connectivity index (χ3n) is 4.97. The van der Waals surface area contributed by atoms with Gasteiger partial charge in [0, 0.05) is 12.1 Å². The van der Waals surface area contributed by atoms with Crippen molar-refractivity contribution in [1.82, 2.24) is 5.01 Å². The average Bonchev–Trinajstić information content (AvgIpc) is 2.90. The third-order valence-corrected chi connectivity index (χ3v) is 4.97. The summed E-state index contributed by atoms with van der Waals surface area (Å²) in [5.74, 6) is -1.92. The molecule has 0 radical (unpaired) electrons. The van der Waals surface area contributed by atoms with Crippen LogP contribution in [0.2, 0.25) is 0 Å². The fourth-order valence-corrected chi connectivity index (χ4v) is 3.66. The lowest BCUT2D eigenvalue weighted by Crippen LogP contribution is -2.61. The Bertz CT molecular complexity index is 660. The highest BCUT2D eigenvalue weighted by Crippen LogP contribution is 2.48. The van der Waals surface area contributed by atoms with Crippen molar-refractivity contribution in [2.24, 2.45) is 11.0 Å². The molecule has 0 spiro atoms. The van der Waals surface area contributed by atoms with E-state index in [4.69, 9.17) is 0 Å². The fraction of sp³-hybridized carbons (Fsp3) is 0.556. The van der Waals surface area contributed by atoms with Crippen molar-refractivity contribution in [3.63, 3.8) is 0 Å². The van der Waals surface area contributed by atoms with E-state index in [2.05, 4.69) is 5.10 Å². The highest BCUT2D eigenvalue weighted by Gasteiger charge is 2.68. The van der Waals surface area contributed by atoms with Crippen LogP contribution in [0.1, 0.15) is 44.1 Å². The number of halogens is 3. The van der Waals surface area contributed by atoms with E-state index in [9.17, 15) is 23.1 Å². The SMILES string of the molecule is O=C(CCCc1ccccc1)N1N=C2CCCCC2C1(O)C(F)(F)F. The second-order valence-corrected chi connectivity index (χ2v) is 6.66. The molecule has 25 heavy (non-hydrogen) atoms. The van der Waals surface area contributed by atoms with Gasteiger partial charge in [0.15, 0.2) is 0 Å². The van der Waals surface area contributed by atoms with Gasteiger partial charge in [-0.1, -0.05) is 36.8 Å². The van der Waals surface area contributed by atoms with Gasteiger partial charge in [0.05, 0.1) is 5.92 Å². The number of hydrazone groups is 1. The second kappa shape index (κ2) is 6.78. The molecule has 1 N–H and O–H groups in total. The molecule has 1 aliphatic carbocycles. The van der Waals surface area contributed by atoms with Crippen LogP contribution in [0.4, 0.5) is 13.2 Å². The molecule has 7 heteroatoms. The van der Waals surface area contributed by atoms with Gasteiger partial charge in [-0.15, -0.1) is 0 Å². The van der Waals surface area contributed by atoms with Gasteiger partial charge >= 0.3 is 6.18 Å². The highest BCUT2D eigenvalue weighted by atomic mass is 19.4. The minimum Gasteiger partial charge on any atom is -0.362 e. The number of amides is 1. The number of benzene rings is 1. The van der Waals surface area contributed by atoms with E-state index in [0.29, 0.717) is 36.4 Å². The number of hydrogen-bond donors (Lipinski definition) is 1. The van der Waals surface area contributed by atoms with Crippen LogP contribution in [0.15, 0.2) is 35.4 Å². The molecule has 3 rings (SSSR count). The van der Waals surface area contributed by atoms with Crippen LogP contribution in [0, 0.1) is 5.92 Å². The first-order valence-corrected chi connectivity index (χ1v) is 8.57. The molecule has 1 aliphatic heterocycles. The molecule has 1 saturated carbocycles. The van der Waals surface area contributed by atoms with Gasteiger partial charge in [-0.25, -0.2) is 0 Å². The first-order valence-electron chi connectivity index (χ1n) is 8.57. The summed E-state index contributed by atoms with van der Waals surface area (Å²) in [6.07, 6.45) is -2.10. The van der Waals surface area contributed by atoms with E-state index >= 15 is 0 Å². The zero-order chi connectivity index (χ0) is 18.1. The van der Waals surface area contributed by atoms with Crippen molar-refractivity contribution in [2.45, 2.75) is 56.8 Å². The maximum Gasteiger partial charge on any atom is 0.439 e. The Morgan fingerprint density at radius 3 is 2.68 bits per heavy atom. The molecule has 1 heterocycles. The number of carbonyl (C=O) groups excluding carboxylic acids is 1. The van der Waals surface area contributed by atoms with Crippen molar-refractivity contribution in [3.8, 4) is 0 Å². The summed E-state index contributed by atoms with van der Waals surface area (Å²) in [6, 6.07) is 9.43. The molecule has 1 aromatic carbocycles. The van der Waals surface area contributed by atoms with Crippen molar-refractivity contribution >= 4 is 11.6 Å². The summed E-state index contributed by atoms with van der Waals surface area (Å²) in [4.78, 5) is 12.4. The van der Waals surface area contributed by atoms with E-state index in [1.807, 2.05) is 30.3 Å². The summed E-state index contributed by atoms with van der Waals surface area (Å²) < 4.78 is 40.8. The monoisotopic (exact) mass is 354 g/mol. The van der Waals surface area contributed by atoms with E-state index in [1.165, 1.54) is 0 Å². The first-order chi connectivity index (χ1) is 11.8. The molecule has 2 atom stereocenters. The smallest absolute Gasteiger partial charge is 0.362 e. The summed E-state index contributed by atoms with van der Waals surface area (Å²) in [5, 5.41) is 14.6. The molecule has 2 aliphatic rings. The molecule has 2 unspecified atom stereocenters. The van der Waals surface area contributed by atoms with Crippen LogP contribution in [0.5, 0.6) is 0 Å². The van der Waals surface area contributed by atoms with Crippen LogP contribution in [0.25, 0.3) is 0 Å². The van der Waals surface area contributed by atoms with Crippen molar-refractivity contribution in [3.05, 3.63) is 35.9 Å². The first kappa shape index (κ1) is 17.9. The van der Waals surface area contributed by atoms with Crippen LogP contribution in [0.3, 0.4) is 0 Å². The van der Waals surface area contributed by atoms with Crippen LogP contribution >= 0.6 is 0 Å². The number of aryl methyl sites for hydroxylation is 1. The molecule has 1 amide bonds. The Morgan fingerprint density at radius 2 is 2.00 bits per heavy atom. The lowest BCUT2D eigenvalue weighted by Gasteiger charge is -2.38. The van der Waals surface area contributed by atoms with Crippen molar-refractivity contribution < 1.29 is 23.1 Å². The van der Waals surface area contributed by atoms with Crippen molar-refractivity contribution in [2.75, 3.05) is 0 Å². The van der Waals surface area contributed by atoms with Crippen LogP contribution in [-0.2, 0) is 11.2 Å². The van der Waals surface area contributed by atoms with Gasteiger partial charge in [-0.05, 0) is 37.7 Å². The molecule has 0 bridgehead atoms. The molecule has 1 fully saturated rings. The summed E-state index contributed by atoms with van der Waals surface area (Å²) in [5.41, 5.74) is -1.89. The predicted molar refractivity (Wildman–Crippen MR) is 86.6 cm³/mol. The minimum absolute atomic E-state index is 0.0865. The number of carbonyl (C=O) groups is 1. The Kier molecular flexibility index (Phi) is 4.86. The standard InChI is InChI=1S/C18H21F3N2O2/c19-18(20,21)17(25)14-10-4-5-11-15(14)22-23(17)16(24)12-6-9-13-7-2-1-3-8-13/h1-3,7-8,14,25H,4-6,9-12H2. The predicted octanol–water partition coefficient (Wildman–Crippen LogP) is 3.65. The number of fused-ring (bicyclic) bond motifs is 1. The van der Waals surface area contributed by atoms with E-state index in [1.54, 1.807) is 0 Å². The van der Waals surface area contributed by atoms with Gasteiger partial charge in [0.2, 0.25) is 5.91 Å². The average molecular weight is 354 g/mol. The lowest BCUT2D eigenvalue weighted by atomic mass is 9.80. The Labute approximate surface area is 144 Å². The summed E-state index contributed by atoms with van der Waals surface area (Å²) in [6.45, 7) is 0. The molecule has 0 saturated heterocycles. The summed E-state index contributed by atoms with van der Waals surface area (Å²) in [7, 11) is 0. The van der Waals surface area contributed by atoms with Gasteiger partial charge in [0.25, 0.3) is 5.72 Å². The molecular formula is C18H21F3N2O2. The minimum atomic E-state index is -4.94. The number of rotatable bonds is 4. The lowest BCUT2D eigenvalue weighted by molar-refractivity contribution is -0.317. The zero-order valence-corrected chi connectivity index (χ0v) is 13.8. The molecule has 1 aromatic rings. The fourth-order valence-electron chi connectivity index (χ4n) is 3.66. The largest absolute Gasteiger partial charge is 0.439 e. The maximum absolute atomic E-state index is 13.6. The van der Waals surface area contributed by atoms with Gasteiger partial charge in [-0.3, -0.25) is 4.79 Å². The number of hydrogen-bond acceptors (Lipinski definition) is 3. The molecular weight excluding hydrogens is 333 g/mol. The van der Waals surface area contributed by atoms with E-state index < -0.39 is 23.7 Å².